The minimum absolute atomic E-state index is 0.563. The van der Waals surface area contributed by atoms with Gasteiger partial charge in [-0.2, -0.15) is 0 Å². The lowest BCUT2D eigenvalue weighted by atomic mass is 10.5. The molecule has 14 heavy (non-hydrogen) atoms. The highest BCUT2D eigenvalue weighted by Crippen LogP contribution is 2.13. The summed E-state index contributed by atoms with van der Waals surface area (Å²) in [5, 5.41) is 7.81. The number of fused-ring (bicyclic) bond motifs is 1. The molecule has 0 spiro atoms. The monoisotopic (exact) mass is 211 g/mol. The van der Waals surface area contributed by atoms with Crippen LogP contribution < -0.4 is 4.90 Å². The molecule has 2 aromatic rings. The van der Waals surface area contributed by atoms with Gasteiger partial charge >= 0.3 is 0 Å². The average Bonchev–Trinajstić information content (AvgIpc) is 2.65. The summed E-state index contributed by atoms with van der Waals surface area (Å²) in [4.78, 5) is 6.20. The first-order valence-corrected chi connectivity index (χ1v) is 4.78. The summed E-state index contributed by atoms with van der Waals surface area (Å²) in [5.74, 6) is 1.36. The lowest BCUT2D eigenvalue weighted by Gasteiger charge is -2.16. The highest BCUT2D eigenvalue weighted by Gasteiger charge is 2.08. The zero-order valence-electron chi connectivity index (χ0n) is 7.76. The molecule has 0 saturated carbocycles. The summed E-state index contributed by atoms with van der Waals surface area (Å²) in [6.45, 7) is 0.737. The summed E-state index contributed by atoms with van der Waals surface area (Å²) in [7, 11) is 1.93. The van der Waals surface area contributed by atoms with Crippen molar-refractivity contribution < 1.29 is 0 Å². The van der Waals surface area contributed by atoms with Crippen molar-refractivity contribution in [2.45, 2.75) is 0 Å². The van der Waals surface area contributed by atoms with Crippen molar-refractivity contribution in [1.29, 1.82) is 0 Å². The second-order valence-electron chi connectivity index (χ2n) is 2.92. The van der Waals surface area contributed by atoms with Crippen molar-refractivity contribution in [2.24, 2.45) is 0 Å². The van der Waals surface area contributed by atoms with Crippen molar-refractivity contribution in [3.63, 3.8) is 0 Å². The maximum absolute atomic E-state index is 5.66. The fourth-order valence-corrected chi connectivity index (χ4v) is 1.50. The highest BCUT2D eigenvalue weighted by molar-refractivity contribution is 6.18. The van der Waals surface area contributed by atoms with Gasteiger partial charge in [-0.25, -0.2) is 4.98 Å². The second-order valence-corrected chi connectivity index (χ2v) is 3.30. The first kappa shape index (κ1) is 9.21. The minimum Gasteiger partial charge on any atom is -0.355 e. The highest BCUT2D eigenvalue weighted by atomic mass is 35.5. The van der Waals surface area contributed by atoms with E-state index in [0.717, 1.165) is 18.0 Å². The van der Waals surface area contributed by atoms with Gasteiger partial charge in [-0.1, -0.05) is 0 Å². The van der Waals surface area contributed by atoms with Crippen molar-refractivity contribution >= 4 is 23.1 Å². The topological polar surface area (TPSA) is 46.3 Å². The van der Waals surface area contributed by atoms with Gasteiger partial charge in [0.25, 0.3) is 0 Å². The van der Waals surface area contributed by atoms with Crippen LogP contribution in [0.2, 0.25) is 0 Å². The molecule has 2 aromatic heterocycles. The van der Waals surface area contributed by atoms with Crippen molar-refractivity contribution in [1.82, 2.24) is 19.6 Å². The smallest absolute Gasteiger partial charge is 0.203 e. The van der Waals surface area contributed by atoms with E-state index in [1.807, 2.05) is 22.5 Å². The van der Waals surface area contributed by atoms with Gasteiger partial charge in [0, 0.05) is 31.9 Å². The molecular formula is C8H10ClN5. The van der Waals surface area contributed by atoms with Gasteiger partial charge in [-0.15, -0.1) is 21.8 Å². The molecule has 0 aliphatic carbocycles. The molecule has 0 bridgehead atoms. The molecule has 0 aliphatic rings. The van der Waals surface area contributed by atoms with E-state index in [2.05, 4.69) is 15.2 Å². The Morgan fingerprint density at radius 3 is 3.21 bits per heavy atom. The Morgan fingerprint density at radius 1 is 1.57 bits per heavy atom. The van der Waals surface area contributed by atoms with Crippen LogP contribution in [0.3, 0.4) is 0 Å². The first-order valence-electron chi connectivity index (χ1n) is 4.24. The molecule has 0 amide bonds. The molecule has 0 fully saturated rings. The standard InChI is InChI=1S/C8H10ClN5/c1-13(4-2-9)7-8-12-11-6-14(8)5-3-10-7/h3,5-6H,2,4H2,1H3. The molecule has 0 atom stereocenters. The van der Waals surface area contributed by atoms with Gasteiger partial charge in [-0.05, 0) is 0 Å². The Labute approximate surface area is 86.3 Å². The third-order valence-electron chi connectivity index (χ3n) is 1.98. The number of hydrogen-bond donors (Lipinski definition) is 0. The van der Waals surface area contributed by atoms with E-state index < -0.39 is 0 Å². The van der Waals surface area contributed by atoms with Crippen LogP contribution in [0.5, 0.6) is 0 Å². The van der Waals surface area contributed by atoms with Gasteiger partial charge in [0.15, 0.2) is 5.82 Å². The fraction of sp³-hybridized carbons (Fsp3) is 0.375. The second kappa shape index (κ2) is 3.79. The van der Waals surface area contributed by atoms with E-state index >= 15 is 0 Å². The molecule has 2 heterocycles. The molecule has 74 valence electrons. The number of anilines is 1. The molecule has 0 saturated heterocycles. The number of halogens is 1. The summed E-state index contributed by atoms with van der Waals surface area (Å²) < 4.78 is 1.83. The lowest BCUT2D eigenvalue weighted by Crippen LogP contribution is -2.21. The predicted molar refractivity (Wildman–Crippen MR) is 54.8 cm³/mol. The maximum atomic E-state index is 5.66. The van der Waals surface area contributed by atoms with Gasteiger partial charge in [0.2, 0.25) is 5.65 Å². The summed E-state index contributed by atoms with van der Waals surface area (Å²) >= 11 is 5.66. The Kier molecular flexibility index (Phi) is 2.49. The summed E-state index contributed by atoms with van der Waals surface area (Å²) in [6.07, 6.45) is 5.18. The largest absolute Gasteiger partial charge is 0.355 e. The third kappa shape index (κ3) is 1.50. The Bertz CT molecular complexity index is 426. The normalized spacial score (nSPS) is 10.7. The van der Waals surface area contributed by atoms with Crippen LogP contribution in [0.4, 0.5) is 5.82 Å². The van der Waals surface area contributed by atoms with Crippen LogP contribution in [-0.4, -0.2) is 39.1 Å². The van der Waals surface area contributed by atoms with Crippen molar-refractivity contribution in [3.05, 3.63) is 18.7 Å². The van der Waals surface area contributed by atoms with E-state index in [9.17, 15) is 0 Å². The van der Waals surface area contributed by atoms with E-state index in [0.29, 0.717) is 5.88 Å². The van der Waals surface area contributed by atoms with E-state index in [4.69, 9.17) is 11.6 Å². The van der Waals surface area contributed by atoms with E-state index in [-0.39, 0.29) is 0 Å². The molecule has 2 rings (SSSR count). The van der Waals surface area contributed by atoms with Crippen molar-refractivity contribution in [2.75, 3.05) is 24.4 Å². The molecule has 0 radical (unpaired) electrons. The fourth-order valence-electron chi connectivity index (χ4n) is 1.25. The number of aromatic nitrogens is 4. The molecule has 0 unspecified atom stereocenters. The van der Waals surface area contributed by atoms with Crippen LogP contribution in [-0.2, 0) is 0 Å². The Hall–Kier alpha value is -1.36. The predicted octanol–water partition coefficient (Wildman–Crippen LogP) is 0.799. The van der Waals surface area contributed by atoms with E-state index in [1.54, 1.807) is 12.5 Å². The number of rotatable bonds is 3. The first-order chi connectivity index (χ1) is 6.83. The van der Waals surface area contributed by atoms with Crippen LogP contribution in [0.15, 0.2) is 18.7 Å². The number of hydrogen-bond acceptors (Lipinski definition) is 4. The van der Waals surface area contributed by atoms with Gasteiger partial charge in [-0.3, -0.25) is 4.40 Å². The third-order valence-corrected chi connectivity index (χ3v) is 2.15. The SMILES string of the molecule is CN(CCCl)c1nccn2cnnc12. The molecule has 0 N–H and O–H groups in total. The average molecular weight is 212 g/mol. The van der Waals surface area contributed by atoms with Crippen LogP contribution in [0, 0.1) is 0 Å². The quantitative estimate of drug-likeness (QED) is 0.705. The van der Waals surface area contributed by atoms with Crippen LogP contribution >= 0.6 is 11.6 Å². The van der Waals surface area contributed by atoms with Gasteiger partial charge < -0.3 is 4.90 Å². The molecule has 0 aromatic carbocycles. The van der Waals surface area contributed by atoms with Gasteiger partial charge in [0.1, 0.15) is 6.33 Å². The lowest BCUT2D eigenvalue weighted by molar-refractivity contribution is 0.932. The zero-order valence-corrected chi connectivity index (χ0v) is 8.52. The number of nitrogens with zero attached hydrogens (tertiary/aromatic N) is 5. The molecule has 6 heteroatoms. The van der Waals surface area contributed by atoms with Gasteiger partial charge in [0.05, 0.1) is 0 Å². The summed E-state index contributed by atoms with van der Waals surface area (Å²) in [6, 6.07) is 0. The molecular weight excluding hydrogens is 202 g/mol. The van der Waals surface area contributed by atoms with Crippen molar-refractivity contribution in [3.8, 4) is 0 Å². The zero-order chi connectivity index (χ0) is 9.97. The van der Waals surface area contributed by atoms with Crippen LogP contribution in [0.1, 0.15) is 0 Å². The molecule has 5 nitrogen and oxygen atoms in total. The minimum atomic E-state index is 0.563. The Morgan fingerprint density at radius 2 is 2.43 bits per heavy atom. The maximum Gasteiger partial charge on any atom is 0.203 e. The summed E-state index contributed by atoms with van der Waals surface area (Å²) in [5.41, 5.74) is 0.750. The van der Waals surface area contributed by atoms with Crippen LogP contribution in [0.25, 0.3) is 5.65 Å². The number of alkyl halides is 1. The van der Waals surface area contributed by atoms with E-state index in [1.165, 1.54) is 0 Å². The Balaban J connectivity index is 2.45. The molecule has 0 aliphatic heterocycles.